The highest BCUT2D eigenvalue weighted by Gasteiger charge is 2.23. The molecule has 1 aromatic heterocycles. The molecule has 1 aromatic carbocycles. The zero-order valence-electron chi connectivity index (χ0n) is 15.1. The molecule has 3 heterocycles. The predicted molar refractivity (Wildman–Crippen MR) is 98.6 cm³/mol. The maximum atomic E-state index is 12.4. The Kier molecular flexibility index (Phi) is 4.84. The normalized spacial score (nSPS) is 18.1. The van der Waals surface area contributed by atoms with Crippen molar-refractivity contribution >= 4 is 5.91 Å². The number of benzene rings is 1. The number of H-pyrrole nitrogens is 1. The Morgan fingerprint density at radius 2 is 1.96 bits per heavy atom. The summed E-state index contributed by atoms with van der Waals surface area (Å²) in [5.74, 6) is 2.33. The predicted octanol–water partition coefficient (Wildman–Crippen LogP) is 2.38. The van der Waals surface area contributed by atoms with Crippen LogP contribution in [0, 0.1) is 5.92 Å². The second-order valence-electron chi connectivity index (χ2n) is 7.17. The first-order valence-corrected chi connectivity index (χ1v) is 9.22. The van der Waals surface area contributed by atoms with Gasteiger partial charge in [0.05, 0.1) is 0 Å². The molecule has 0 saturated carbocycles. The molecule has 2 aliphatic heterocycles. The van der Waals surface area contributed by atoms with Gasteiger partial charge in [0, 0.05) is 38.9 Å². The quantitative estimate of drug-likeness (QED) is 0.895. The first-order chi connectivity index (χ1) is 12.7. The SMILES string of the molecule is CC(Cc1ccc2c(c1)OCO2)CN1CCN(C(=O)c2ccc[nH]2)CC1. The third-order valence-corrected chi connectivity index (χ3v) is 5.08. The summed E-state index contributed by atoms with van der Waals surface area (Å²) in [5.41, 5.74) is 1.96. The van der Waals surface area contributed by atoms with Crippen LogP contribution in [0.2, 0.25) is 0 Å². The Morgan fingerprint density at radius 3 is 2.73 bits per heavy atom. The molecule has 0 aliphatic carbocycles. The number of hydrogen-bond acceptors (Lipinski definition) is 4. The Bertz CT molecular complexity index is 752. The van der Waals surface area contributed by atoms with E-state index in [0.29, 0.717) is 18.4 Å². The molecule has 0 spiro atoms. The van der Waals surface area contributed by atoms with Crippen molar-refractivity contribution in [2.75, 3.05) is 39.5 Å². The number of amides is 1. The first-order valence-electron chi connectivity index (χ1n) is 9.22. The number of carbonyl (C=O) groups excluding carboxylic acids is 1. The fourth-order valence-electron chi connectivity index (χ4n) is 3.74. The third-order valence-electron chi connectivity index (χ3n) is 5.08. The van der Waals surface area contributed by atoms with E-state index in [-0.39, 0.29) is 5.91 Å². The molecular weight excluding hydrogens is 330 g/mol. The average molecular weight is 355 g/mol. The molecule has 1 saturated heterocycles. The van der Waals surface area contributed by atoms with Crippen LogP contribution in [-0.2, 0) is 6.42 Å². The van der Waals surface area contributed by atoms with E-state index in [1.54, 1.807) is 6.20 Å². The summed E-state index contributed by atoms with van der Waals surface area (Å²) in [7, 11) is 0. The fourth-order valence-corrected chi connectivity index (χ4v) is 3.74. The highest BCUT2D eigenvalue weighted by molar-refractivity contribution is 5.92. The van der Waals surface area contributed by atoms with Gasteiger partial charge in [0.15, 0.2) is 11.5 Å². The van der Waals surface area contributed by atoms with Crippen molar-refractivity contribution in [3.05, 3.63) is 47.8 Å². The maximum Gasteiger partial charge on any atom is 0.270 e. The smallest absolute Gasteiger partial charge is 0.270 e. The maximum absolute atomic E-state index is 12.4. The standard InChI is InChI=1S/C20H25N3O3/c1-15(11-16-4-5-18-19(12-16)26-14-25-18)13-22-7-9-23(10-8-22)20(24)17-3-2-6-21-17/h2-6,12,15,21H,7-11,13-14H2,1H3. The summed E-state index contributed by atoms with van der Waals surface area (Å²) in [6, 6.07) is 9.90. The van der Waals surface area contributed by atoms with Crippen LogP contribution in [-0.4, -0.2) is 60.2 Å². The minimum Gasteiger partial charge on any atom is -0.454 e. The lowest BCUT2D eigenvalue weighted by atomic mass is 10.00. The third kappa shape index (κ3) is 3.70. The minimum atomic E-state index is 0.100. The average Bonchev–Trinajstić information content (AvgIpc) is 3.33. The Balaban J connectivity index is 1.25. The summed E-state index contributed by atoms with van der Waals surface area (Å²) < 4.78 is 10.8. The van der Waals surface area contributed by atoms with Crippen LogP contribution < -0.4 is 9.47 Å². The van der Waals surface area contributed by atoms with Gasteiger partial charge in [-0.25, -0.2) is 0 Å². The highest BCUT2D eigenvalue weighted by Crippen LogP contribution is 2.33. The molecule has 1 atom stereocenters. The van der Waals surface area contributed by atoms with Crippen LogP contribution >= 0.6 is 0 Å². The van der Waals surface area contributed by atoms with Crippen LogP contribution in [0.4, 0.5) is 0 Å². The highest BCUT2D eigenvalue weighted by atomic mass is 16.7. The summed E-state index contributed by atoms with van der Waals surface area (Å²) in [6.07, 6.45) is 2.81. The van der Waals surface area contributed by atoms with Gasteiger partial charge in [-0.1, -0.05) is 13.0 Å². The van der Waals surface area contributed by atoms with Crippen molar-refractivity contribution in [2.24, 2.45) is 5.92 Å². The van der Waals surface area contributed by atoms with Gasteiger partial charge in [-0.15, -0.1) is 0 Å². The van der Waals surface area contributed by atoms with Crippen LogP contribution in [0.15, 0.2) is 36.5 Å². The van der Waals surface area contributed by atoms with Gasteiger partial charge >= 0.3 is 0 Å². The molecule has 26 heavy (non-hydrogen) atoms. The lowest BCUT2D eigenvalue weighted by Crippen LogP contribution is -2.49. The van der Waals surface area contributed by atoms with E-state index in [2.05, 4.69) is 28.9 Å². The van der Waals surface area contributed by atoms with Gasteiger partial charge < -0.3 is 19.4 Å². The molecule has 0 bridgehead atoms. The topological polar surface area (TPSA) is 57.8 Å². The molecule has 1 N–H and O–H groups in total. The number of rotatable bonds is 5. The van der Waals surface area contributed by atoms with Gasteiger partial charge in [0.1, 0.15) is 5.69 Å². The zero-order chi connectivity index (χ0) is 17.9. The summed E-state index contributed by atoms with van der Waals surface area (Å²) >= 11 is 0. The van der Waals surface area contributed by atoms with Crippen molar-refractivity contribution in [1.82, 2.24) is 14.8 Å². The Hall–Kier alpha value is -2.47. The Labute approximate surface area is 153 Å². The van der Waals surface area contributed by atoms with Gasteiger partial charge in [0.25, 0.3) is 5.91 Å². The number of hydrogen-bond donors (Lipinski definition) is 1. The molecule has 1 unspecified atom stereocenters. The number of nitrogens with one attached hydrogen (secondary N) is 1. The molecular formula is C20H25N3O3. The molecule has 6 nitrogen and oxygen atoms in total. The lowest BCUT2D eigenvalue weighted by Gasteiger charge is -2.35. The number of carbonyl (C=O) groups is 1. The van der Waals surface area contributed by atoms with Crippen molar-refractivity contribution in [3.8, 4) is 11.5 Å². The van der Waals surface area contributed by atoms with Gasteiger partial charge in [-0.3, -0.25) is 9.69 Å². The van der Waals surface area contributed by atoms with Crippen LogP contribution in [0.5, 0.6) is 11.5 Å². The molecule has 138 valence electrons. The number of aromatic amines is 1. The number of nitrogens with zero attached hydrogens (tertiary/aromatic N) is 2. The molecule has 4 rings (SSSR count). The number of ether oxygens (including phenoxy) is 2. The zero-order valence-corrected chi connectivity index (χ0v) is 15.1. The number of fused-ring (bicyclic) bond motifs is 1. The van der Waals surface area contributed by atoms with E-state index >= 15 is 0 Å². The van der Waals surface area contributed by atoms with Gasteiger partial charge in [0.2, 0.25) is 6.79 Å². The lowest BCUT2D eigenvalue weighted by molar-refractivity contribution is 0.0615. The molecule has 1 amide bonds. The van der Waals surface area contributed by atoms with Gasteiger partial charge in [-0.05, 0) is 42.2 Å². The second kappa shape index (κ2) is 7.41. The van der Waals surface area contributed by atoms with E-state index in [0.717, 1.165) is 50.6 Å². The molecule has 2 aromatic rings. The first kappa shape index (κ1) is 17.0. The van der Waals surface area contributed by atoms with Crippen LogP contribution in [0.25, 0.3) is 0 Å². The van der Waals surface area contributed by atoms with Gasteiger partial charge in [-0.2, -0.15) is 0 Å². The monoisotopic (exact) mass is 355 g/mol. The fraction of sp³-hybridized carbons (Fsp3) is 0.450. The molecule has 1 fully saturated rings. The van der Waals surface area contributed by atoms with E-state index in [1.165, 1.54) is 5.56 Å². The molecule has 2 aliphatic rings. The van der Waals surface area contributed by atoms with Crippen molar-refractivity contribution in [2.45, 2.75) is 13.3 Å². The second-order valence-corrected chi connectivity index (χ2v) is 7.17. The Morgan fingerprint density at radius 1 is 1.15 bits per heavy atom. The summed E-state index contributed by atoms with van der Waals surface area (Å²) in [4.78, 5) is 19.8. The number of piperazine rings is 1. The van der Waals surface area contributed by atoms with E-state index in [4.69, 9.17) is 9.47 Å². The summed E-state index contributed by atoms with van der Waals surface area (Å²) in [5, 5.41) is 0. The number of aromatic nitrogens is 1. The van der Waals surface area contributed by atoms with Crippen molar-refractivity contribution < 1.29 is 14.3 Å². The summed E-state index contributed by atoms with van der Waals surface area (Å²) in [6.45, 7) is 7.07. The van der Waals surface area contributed by atoms with Crippen molar-refractivity contribution in [3.63, 3.8) is 0 Å². The van der Waals surface area contributed by atoms with Crippen LogP contribution in [0.1, 0.15) is 23.0 Å². The molecule has 6 heteroatoms. The van der Waals surface area contributed by atoms with E-state index in [1.807, 2.05) is 23.1 Å². The van der Waals surface area contributed by atoms with Crippen molar-refractivity contribution in [1.29, 1.82) is 0 Å². The minimum absolute atomic E-state index is 0.100. The largest absolute Gasteiger partial charge is 0.454 e. The molecule has 0 radical (unpaired) electrons. The van der Waals surface area contributed by atoms with E-state index in [9.17, 15) is 4.79 Å². The van der Waals surface area contributed by atoms with Crippen LogP contribution in [0.3, 0.4) is 0 Å². The van der Waals surface area contributed by atoms with E-state index < -0.39 is 0 Å².